The fourth-order valence-electron chi connectivity index (χ4n) is 1.99. The van der Waals surface area contributed by atoms with E-state index in [2.05, 4.69) is 15.7 Å². The number of hydrogen-bond acceptors (Lipinski definition) is 3. The molecule has 0 radical (unpaired) electrons. The molecule has 0 saturated carbocycles. The van der Waals surface area contributed by atoms with Crippen LogP contribution in [0.2, 0.25) is 0 Å². The third-order valence-corrected chi connectivity index (χ3v) is 2.97. The van der Waals surface area contributed by atoms with Gasteiger partial charge in [-0.2, -0.15) is 5.10 Å². The van der Waals surface area contributed by atoms with Crippen molar-refractivity contribution < 1.29 is 4.79 Å². The van der Waals surface area contributed by atoms with Gasteiger partial charge in [0.2, 0.25) is 0 Å². The predicted molar refractivity (Wildman–Crippen MR) is 68.4 cm³/mol. The first kappa shape index (κ1) is 14.0. The third kappa shape index (κ3) is 4.02. The Morgan fingerprint density at radius 2 is 2.53 bits per heavy atom. The second-order valence-electron chi connectivity index (χ2n) is 4.31. The van der Waals surface area contributed by atoms with Crippen LogP contribution in [0.4, 0.5) is 0 Å². The molecular weight excluding hydrogens is 240 g/mol. The molecule has 1 aromatic heterocycles. The number of rotatable bonds is 4. The van der Waals surface area contributed by atoms with Crippen LogP contribution in [0, 0.1) is 5.92 Å². The fraction of sp³-hybridized carbons (Fsp3) is 0.636. The molecule has 0 aromatic carbocycles. The summed E-state index contributed by atoms with van der Waals surface area (Å²) in [4.78, 5) is 11.7. The summed E-state index contributed by atoms with van der Waals surface area (Å²) >= 11 is 0. The highest BCUT2D eigenvalue weighted by atomic mass is 35.5. The zero-order valence-corrected chi connectivity index (χ0v) is 10.8. The smallest absolute Gasteiger partial charge is 0.254 e. The molecule has 1 unspecified atom stereocenters. The monoisotopic (exact) mass is 258 g/mol. The first-order valence-electron chi connectivity index (χ1n) is 5.73. The van der Waals surface area contributed by atoms with Crippen LogP contribution < -0.4 is 10.6 Å². The average molecular weight is 259 g/mol. The van der Waals surface area contributed by atoms with Crippen molar-refractivity contribution in [2.75, 3.05) is 19.6 Å². The Bertz CT molecular complexity index is 360. The largest absolute Gasteiger partial charge is 0.352 e. The van der Waals surface area contributed by atoms with Gasteiger partial charge in [0.1, 0.15) is 0 Å². The molecular formula is C11H19ClN4O. The molecule has 1 fully saturated rings. The highest BCUT2D eigenvalue weighted by molar-refractivity contribution is 5.93. The summed E-state index contributed by atoms with van der Waals surface area (Å²) in [7, 11) is 1.81. The summed E-state index contributed by atoms with van der Waals surface area (Å²) in [6.45, 7) is 2.95. The molecule has 96 valence electrons. The SMILES string of the molecule is Cl.Cn1cc(C(=O)NCCC2CCNC2)cn1. The highest BCUT2D eigenvalue weighted by Gasteiger charge is 2.14. The fourth-order valence-corrected chi connectivity index (χ4v) is 1.99. The minimum atomic E-state index is -0.0287. The number of nitrogens with zero attached hydrogens (tertiary/aromatic N) is 2. The molecule has 0 spiro atoms. The van der Waals surface area contributed by atoms with E-state index >= 15 is 0 Å². The van der Waals surface area contributed by atoms with Gasteiger partial charge in [-0.15, -0.1) is 12.4 Å². The number of hydrogen-bond donors (Lipinski definition) is 2. The number of nitrogens with one attached hydrogen (secondary N) is 2. The lowest BCUT2D eigenvalue weighted by Crippen LogP contribution is -2.26. The van der Waals surface area contributed by atoms with Gasteiger partial charge in [-0.1, -0.05) is 0 Å². The maximum Gasteiger partial charge on any atom is 0.254 e. The maximum absolute atomic E-state index is 11.7. The summed E-state index contributed by atoms with van der Waals surface area (Å²) in [6.07, 6.45) is 5.60. The molecule has 1 atom stereocenters. The lowest BCUT2D eigenvalue weighted by molar-refractivity contribution is 0.0951. The molecule has 2 heterocycles. The van der Waals surface area contributed by atoms with E-state index < -0.39 is 0 Å². The maximum atomic E-state index is 11.7. The van der Waals surface area contributed by atoms with E-state index in [1.54, 1.807) is 24.1 Å². The van der Waals surface area contributed by atoms with E-state index in [-0.39, 0.29) is 18.3 Å². The number of aromatic nitrogens is 2. The van der Waals surface area contributed by atoms with Crippen molar-refractivity contribution in [2.24, 2.45) is 13.0 Å². The Labute approximate surface area is 107 Å². The quantitative estimate of drug-likeness (QED) is 0.830. The summed E-state index contributed by atoms with van der Waals surface area (Å²) in [5, 5.41) is 10.2. The van der Waals surface area contributed by atoms with Crippen molar-refractivity contribution in [1.82, 2.24) is 20.4 Å². The van der Waals surface area contributed by atoms with Crippen LogP contribution >= 0.6 is 12.4 Å². The standard InChI is InChI=1S/C11H18N4O.ClH/c1-15-8-10(7-14-15)11(16)13-5-3-9-2-4-12-6-9;/h7-9,12H,2-6H2,1H3,(H,13,16);1H. The van der Waals surface area contributed by atoms with Crippen LogP contribution in [0.25, 0.3) is 0 Å². The van der Waals surface area contributed by atoms with Crippen LogP contribution in [0.1, 0.15) is 23.2 Å². The van der Waals surface area contributed by atoms with Gasteiger partial charge in [0.15, 0.2) is 0 Å². The van der Waals surface area contributed by atoms with Crippen molar-refractivity contribution in [3.63, 3.8) is 0 Å². The molecule has 6 heteroatoms. The van der Waals surface area contributed by atoms with Gasteiger partial charge in [-0.25, -0.2) is 0 Å². The van der Waals surface area contributed by atoms with Crippen molar-refractivity contribution in [2.45, 2.75) is 12.8 Å². The first-order valence-corrected chi connectivity index (χ1v) is 5.73. The predicted octanol–water partition coefficient (Wildman–Crippen LogP) is 0.571. The van der Waals surface area contributed by atoms with Gasteiger partial charge in [0.05, 0.1) is 11.8 Å². The van der Waals surface area contributed by atoms with Crippen LogP contribution in [0.5, 0.6) is 0 Å². The Hall–Kier alpha value is -1.07. The Kier molecular flexibility index (Phi) is 5.44. The second-order valence-corrected chi connectivity index (χ2v) is 4.31. The van der Waals surface area contributed by atoms with E-state index in [0.29, 0.717) is 11.5 Å². The minimum Gasteiger partial charge on any atom is -0.352 e. The molecule has 2 N–H and O–H groups in total. The molecule has 1 aromatic rings. The van der Waals surface area contributed by atoms with Crippen LogP contribution in [-0.2, 0) is 7.05 Å². The number of carbonyl (C=O) groups is 1. The van der Waals surface area contributed by atoms with E-state index in [4.69, 9.17) is 0 Å². The minimum absolute atomic E-state index is 0. The number of amides is 1. The molecule has 1 saturated heterocycles. The molecule has 1 aliphatic heterocycles. The van der Waals surface area contributed by atoms with Gasteiger partial charge in [-0.3, -0.25) is 9.48 Å². The van der Waals surface area contributed by atoms with Gasteiger partial charge < -0.3 is 10.6 Å². The van der Waals surface area contributed by atoms with Gasteiger partial charge >= 0.3 is 0 Å². The summed E-state index contributed by atoms with van der Waals surface area (Å²) in [5.41, 5.74) is 0.632. The Balaban J connectivity index is 0.00000144. The normalized spacial score (nSPS) is 18.8. The van der Waals surface area contributed by atoms with Crippen LogP contribution in [-0.4, -0.2) is 35.3 Å². The highest BCUT2D eigenvalue weighted by Crippen LogP contribution is 2.10. The summed E-state index contributed by atoms with van der Waals surface area (Å²) in [6, 6.07) is 0. The van der Waals surface area contributed by atoms with Crippen molar-refractivity contribution in [1.29, 1.82) is 0 Å². The molecule has 5 nitrogen and oxygen atoms in total. The summed E-state index contributed by atoms with van der Waals surface area (Å²) < 4.78 is 1.63. The molecule has 1 aliphatic rings. The van der Waals surface area contributed by atoms with Crippen molar-refractivity contribution in [3.05, 3.63) is 18.0 Å². The Morgan fingerprint density at radius 3 is 3.12 bits per heavy atom. The molecule has 2 rings (SSSR count). The first-order chi connectivity index (χ1) is 7.75. The number of aryl methyl sites for hydroxylation is 1. The number of halogens is 1. The molecule has 0 bridgehead atoms. The van der Waals surface area contributed by atoms with E-state index in [0.717, 1.165) is 26.1 Å². The lowest BCUT2D eigenvalue weighted by atomic mass is 10.1. The van der Waals surface area contributed by atoms with E-state index in [9.17, 15) is 4.79 Å². The van der Waals surface area contributed by atoms with E-state index in [1.165, 1.54) is 6.42 Å². The second kappa shape index (κ2) is 6.61. The molecule has 0 aliphatic carbocycles. The molecule has 17 heavy (non-hydrogen) atoms. The van der Waals surface area contributed by atoms with Gasteiger partial charge in [0, 0.05) is 19.8 Å². The zero-order chi connectivity index (χ0) is 11.4. The Morgan fingerprint density at radius 1 is 1.71 bits per heavy atom. The molecule has 1 amide bonds. The summed E-state index contributed by atoms with van der Waals surface area (Å²) in [5.74, 6) is 0.688. The third-order valence-electron chi connectivity index (χ3n) is 2.97. The van der Waals surface area contributed by atoms with Crippen LogP contribution in [0.3, 0.4) is 0 Å². The lowest BCUT2D eigenvalue weighted by Gasteiger charge is -2.08. The van der Waals surface area contributed by atoms with Gasteiger partial charge in [0.25, 0.3) is 5.91 Å². The number of carbonyl (C=O) groups excluding carboxylic acids is 1. The van der Waals surface area contributed by atoms with E-state index in [1.807, 2.05) is 0 Å². The van der Waals surface area contributed by atoms with Crippen molar-refractivity contribution in [3.8, 4) is 0 Å². The topological polar surface area (TPSA) is 59.0 Å². The van der Waals surface area contributed by atoms with Crippen LogP contribution in [0.15, 0.2) is 12.4 Å². The zero-order valence-electron chi connectivity index (χ0n) is 9.98. The average Bonchev–Trinajstić information content (AvgIpc) is 2.89. The van der Waals surface area contributed by atoms with Gasteiger partial charge in [-0.05, 0) is 31.8 Å². The van der Waals surface area contributed by atoms with Crippen molar-refractivity contribution >= 4 is 18.3 Å².